The Balaban J connectivity index is 2.18. The van der Waals surface area contributed by atoms with Gasteiger partial charge in [-0.05, 0) is 42.8 Å². The third kappa shape index (κ3) is 4.62. The smallest absolute Gasteiger partial charge is 0.266 e. The van der Waals surface area contributed by atoms with Gasteiger partial charge in [0.15, 0.2) is 0 Å². The second kappa shape index (κ2) is 8.39. The second-order valence-electron chi connectivity index (χ2n) is 4.86. The maximum atomic E-state index is 12.3. The number of nitrogens with one attached hydrogen (secondary N) is 1. The van der Waals surface area contributed by atoms with Gasteiger partial charge in [0.1, 0.15) is 23.1 Å². The molecular formula is C19H18N2O3. The van der Waals surface area contributed by atoms with E-state index in [4.69, 9.17) is 9.47 Å². The number of nitrogens with zero attached hydrogens (tertiary/aromatic N) is 1. The van der Waals surface area contributed by atoms with E-state index in [0.29, 0.717) is 29.4 Å². The van der Waals surface area contributed by atoms with Crippen LogP contribution in [-0.4, -0.2) is 19.6 Å². The lowest BCUT2D eigenvalue weighted by Crippen LogP contribution is -2.13. The number of hydrogen-bond donors (Lipinski definition) is 1. The molecule has 0 fully saturated rings. The molecule has 5 heteroatoms. The molecule has 0 atom stereocenters. The van der Waals surface area contributed by atoms with Gasteiger partial charge in [-0.1, -0.05) is 18.2 Å². The third-order valence-electron chi connectivity index (χ3n) is 3.17. The van der Waals surface area contributed by atoms with Crippen molar-refractivity contribution < 1.29 is 14.3 Å². The molecule has 0 aromatic heterocycles. The Morgan fingerprint density at radius 3 is 2.67 bits per heavy atom. The third-order valence-corrected chi connectivity index (χ3v) is 3.17. The first-order valence-electron chi connectivity index (χ1n) is 7.46. The maximum Gasteiger partial charge on any atom is 0.266 e. The van der Waals surface area contributed by atoms with Crippen LogP contribution in [0, 0.1) is 11.3 Å². The largest absolute Gasteiger partial charge is 0.497 e. The van der Waals surface area contributed by atoms with E-state index in [1.54, 1.807) is 55.6 Å². The zero-order chi connectivity index (χ0) is 17.4. The average molecular weight is 322 g/mol. The number of anilines is 1. The lowest BCUT2D eigenvalue weighted by atomic mass is 10.1. The Morgan fingerprint density at radius 2 is 1.96 bits per heavy atom. The average Bonchev–Trinajstić information content (AvgIpc) is 2.60. The fraction of sp³-hybridized carbons (Fsp3) is 0.158. The molecule has 2 rings (SSSR count). The molecule has 122 valence electrons. The van der Waals surface area contributed by atoms with E-state index < -0.39 is 5.91 Å². The highest BCUT2D eigenvalue weighted by Gasteiger charge is 2.10. The van der Waals surface area contributed by atoms with E-state index in [2.05, 4.69) is 5.32 Å². The summed E-state index contributed by atoms with van der Waals surface area (Å²) in [5.74, 6) is 0.838. The number of ether oxygens (including phenoxy) is 2. The van der Waals surface area contributed by atoms with Crippen molar-refractivity contribution in [2.24, 2.45) is 0 Å². The van der Waals surface area contributed by atoms with Gasteiger partial charge in [-0.25, -0.2) is 0 Å². The monoisotopic (exact) mass is 322 g/mol. The van der Waals surface area contributed by atoms with E-state index >= 15 is 0 Å². The lowest BCUT2D eigenvalue weighted by Gasteiger charge is -2.07. The number of benzene rings is 2. The number of carbonyl (C=O) groups excluding carboxylic acids is 1. The summed E-state index contributed by atoms with van der Waals surface area (Å²) in [4.78, 5) is 12.3. The summed E-state index contributed by atoms with van der Waals surface area (Å²) in [7, 11) is 1.56. The van der Waals surface area contributed by atoms with Crippen LogP contribution in [-0.2, 0) is 4.79 Å². The molecule has 0 radical (unpaired) electrons. The van der Waals surface area contributed by atoms with Crippen LogP contribution in [0.15, 0.2) is 54.1 Å². The Bertz CT molecular complexity index is 791. The van der Waals surface area contributed by atoms with Gasteiger partial charge < -0.3 is 14.8 Å². The number of carbonyl (C=O) groups is 1. The second-order valence-corrected chi connectivity index (χ2v) is 4.86. The van der Waals surface area contributed by atoms with Crippen LogP contribution in [0.5, 0.6) is 11.5 Å². The lowest BCUT2D eigenvalue weighted by molar-refractivity contribution is -0.112. The zero-order valence-corrected chi connectivity index (χ0v) is 13.6. The summed E-state index contributed by atoms with van der Waals surface area (Å²) in [5.41, 5.74) is 1.28. The molecule has 24 heavy (non-hydrogen) atoms. The minimum atomic E-state index is -0.478. The molecule has 1 N–H and O–H groups in total. The van der Waals surface area contributed by atoms with Gasteiger partial charge in [0.05, 0.1) is 13.7 Å². The Kier molecular flexibility index (Phi) is 5.98. The first-order chi connectivity index (χ1) is 11.7. The van der Waals surface area contributed by atoms with Gasteiger partial charge >= 0.3 is 0 Å². The van der Waals surface area contributed by atoms with Crippen molar-refractivity contribution in [1.29, 1.82) is 5.26 Å². The number of hydrogen-bond acceptors (Lipinski definition) is 4. The summed E-state index contributed by atoms with van der Waals surface area (Å²) in [6.07, 6.45) is 1.52. The molecule has 2 aromatic rings. The van der Waals surface area contributed by atoms with E-state index in [1.165, 1.54) is 6.08 Å². The van der Waals surface area contributed by atoms with Gasteiger partial charge in [-0.3, -0.25) is 4.79 Å². The summed E-state index contributed by atoms with van der Waals surface area (Å²) in [5, 5.41) is 12.0. The van der Waals surface area contributed by atoms with E-state index in [9.17, 15) is 10.1 Å². The first kappa shape index (κ1) is 17.1. The fourth-order valence-corrected chi connectivity index (χ4v) is 2.08. The van der Waals surface area contributed by atoms with E-state index in [1.807, 2.05) is 13.0 Å². The molecule has 5 nitrogen and oxygen atoms in total. The number of rotatable bonds is 6. The molecule has 1 amide bonds. The number of amides is 1. The number of methoxy groups -OCH3 is 1. The molecule has 0 aliphatic rings. The minimum absolute atomic E-state index is 0.00469. The van der Waals surface area contributed by atoms with E-state index in [0.717, 1.165) is 0 Å². The van der Waals surface area contributed by atoms with Crippen molar-refractivity contribution in [1.82, 2.24) is 0 Å². The SMILES string of the molecule is CCOc1cccc(NC(=O)/C(C#N)=C\c2cccc(OC)c2)c1. The van der Waals surface area contributed by atoms with Gasteiger partial charge in [0, 0.05) is 11.8 Å². The van der Waals surface area contributed by atoms with Crippen LogP contribution in [0.3, 0.4) is 0 Å². The molecule has 0 heterocycles. The summed E-state index contributed by atoms with van der Waals surface area (Å²) in [6.45, 7) is 2.42. The standard InChI is InChI=1S/C19H18N2O3/c1-3-24-18-9-5-7-16(12-18)21-19(22)15(13-20)10-14-6-4-8-17(11-14)23-2/h4-12H,3H2,1-2H3,(H,21,22)/b15-10-. The summed E-state index contributed by atoms with van der Waals surface area (Å²) >= 11 is 0. The Morgan fingerprint density at radius 1 is 1.21 bits per heavy atom. The quantitative estimate of drug-likeness (QED) is 0.651. The fourth-order valence-electron chi connectivity index (χ4n) is 2.08. The predicted molar refractivity (Wildman–Crippen MR) is 92.8 cm³/mol. The highest BCUT2D eigenvalue weighted by atomic mass is 16.5. The Labute approximate surface area is 141 Å². The van der Waals surface area contributed by atoms with Crippen LogP contribution in [0.25, 0.3) is 6.08 Å². The Hall–Kier alpha value is -3.26. The summed E-state index contributed by atoms with van der Waals surface area (Å²) < 4.78 is 10.5. The highest BCUT2D eigenvalue weighted by Crippen LogP contribution is 2.19. The maximum absolute atomic E-state index is 12.3. The minimum Gasteiger partial charge on any atom is -0.497 e. The van der Waals surface area contributed by atoms with Gasteiger partial charge in [-0.2, -0.15) is 5.26 Å². The first-order valence-corrected chi connectivity index (χ1v) is 7.46. The molecule has 0 saturated carbocycles. The van der Waals surface area contributed by atoms with Crippen molar-refractivity contribution in [3.8, 4) is 17.6 Å². The predicted octanol–water partition coefficient (Wildman–Crippen LogP) is 3.64. The highest BCUT2D eigenvalue weighted by molar-refractivity contribution is 6.09. The molecule has 0 bridgehead atoms. The molecule has 0 aliphatic heterocycles. The summed E-state index contributed by atoms with van der Waals surface area (Å²) in [6, 6.07) is 16.1. The molecule has 0 saturated heterocycles. The van der Waals surface area contributed by atoms with Crippen molar-refractivity contribution in [2.45, 2.75) is 6.92 Å². The van der Waals surface area contributed by atoms with Gasteiger partial charge in [0.25, 0.3) is 5.91 Å². The van der Waals surface area contributed by atoms with Crippen LogP contribution in [0.1, 0.15) is 12.5 Å². The molecular weight excluding hydrogens is 304 g/mol. The molecule has 2 aromatic carbocycles. The van der Waals surface area contributed by atoms with Crippen molar-refractivity contribution in [3.05, 3.63) is 59.7 Å². The zero-order valence-electron chi connectivity index (χ0n) is 13.6. The van der Waals surface area contributed by atoms with Crippen LogP contribution >= 0.6 is 0 Å². The van der Waals surface area contributed by atoms with Crippen LogP contribution < -0.4 is 14.8 Å². The van der Waals surface area contributed by atoms with Crippen LogP contribution in [0.2, 0.25) is 0 Å². The molecule has 0 unspecified atom stereocenters. The van der Waals surface area contributed by atoms with Crippen LogP contribution in [0.4, 0.5) is 5.69 Å². The van der Waals surface area contributed by atoms with Crippen molar-refractivity contribution in [2.75, 3.05) is 19.0 Å². The topological polar surface area (TPSA) is 71.3 Å². The van der Waals surface area contributed by atoms with Gasteiger partial charge in [-0.15, -0.1) is 0 Å². The number of nitriles is 1. The molecule has 0 spiro atoms. The van der Waals surface area contributed by atoms with Crippen molar-refractivity contribution >= 4 is 17.7 Å². The van der Waals surface area contributed by atoms with Gasteiger partial charge in [0.2, 0.25) is 0 Å². The molecule has 0 aliphatic carbocycles. The normalized spacial score (nSPS) is 10.6. The van der Waals surface area contributed by atoms with Crippen molar-refractivity contribution in [3.63, 3.8) is 0 Å². The van der Waals surface area contributed by atoms with E-state index in [-0.39, 0.29) is 5.57 Å².